The molecule has 1 heterocycles. The molecule has 4 saturated carbocycles. The summed E-state index contributed by atoms with van der Waals surface area (Å²) < 4.78 is 2.70. The van der Waals surface area contributed by atoms with Crippen molar-refractivity contribution >= 4 is 59.3 Å². The molecular weight excluding hydrogens is 647 g/mol. The summed E-state index contributed by atoms with van der Waals surface area (Å²) in [6.07, 6.45) is 7.04. The van der Waals surface area contributed by atoms with E-state index >= 15 is 0 Å². The van der Waals surface area contributed by atoms with E-state index < -0.39 is 0 Å². The lowest BCUT2D eigenvalue weighted by atomic mass is 9.43. The van der Waals surface area contributed by atoms with Crippen molar-refractivity contribution < 1.29 is 0 Å². The summed E-state index contributed by atoms with van der Waals surface area (Å²) >= 11 is 1.91. The Labute approximate surface area is 309 Å². The maximum atomic E-state index is 2.60. The van der Waals surface area contributed by atoms with E-state index in [0.29, 0.717) is 0 Å². The van der Waals surface area contributed by atoms with Gasteiger partial charge >= 0.3 is 0 Å². The molecule has 13 rings (SSSR count). The molecule has 7 aromatic carbocycles. The highest BCUT2D eigenvalue weighted by Crippen LogP contribution is 2.70. The fourth-order valence-electron chi connectivity index (χ4n) is 12.0. The van der Waals surface area contributed by atoms with Gasteiger partial charge in [-0.2, -0.15) is 0 Å². The Balaban J connectivity index is 1.12. The van der Waals surface area contributed by atoms with Gasteiger partial charge in [0.05, 0.1) is 11.4 Å². The first-order valence-electron chi connectivity index (χ1n) is 19.3. The Bertz CT molecular complexity index is 2700. The Morgan fingerprint density at radius 2 is 1.13 bits per heavy atom. The van der Waals surface area contributed by atoms with Crippen molar-refractivity contribution in [1.29, 1.82) is 0 Å². The molecule has 5 aliphatic rings. The molecule has 4 bridgehead atoms. The molecule has 2 heteroatoms. The molecule has 250 valence electrons. The fraction of sp³-hybridized carbons (Fsp3) is 0.200. The molecule has 1 spiro atoms. The van der Waals surface area contributed by atoms with Crippen LogP contribution in [0.4, 0.5) is 17.1 Å². The number of hydrogen-bond donors (Lipinski definition) is 0. The maximum Gasteiger partial charge on any atom is 0.0543 e. The lowest BCUT2D eigenvalue weighted by molar-refractivity contribution is -0.0399. The molecule has 1 nitrogen and oxygen atoms in total. The van der Waals surface area contributed by atoms with E-state index in [1.165, 1.54) is 102 Å². The van der Waals surface area contributed by atoms with Crippen LogP contribution in [-0.4, -0.2) is 0 Å². The van der Waals surface area contributed by atoms with Crippen LogP contribution in [0.3, 0.4) is 0 Å². The number of rotatable bonds is 4. The van der Waals surface area contributed by atoms with Crippen molar-refractivity contribution in [3.8, 4) is 22.3 Å². The van der Waals surface area contributed by atoms with E-state index in [9.17, 15) is 0 Å². The molecule has 0 saturated heterocycles. The predicted octanol–water partition coefficient (Wildman–Crippen LogP) is 14.1. The minimum absolute atomic E-state index is 0.123. The highest BCUT2D eigenvalue weighted by molar-refractivity contribution is 7.26. The minimum Gasteiger partial charge on any atom is -0.309 e. The predicted molar refractivity (Wildman–Crippen MR) is 220 cm³/mol. The molecule has 0 atom stereocenters. The van der Waals surface area contributed by atoms with Crippen LogP contribution in [0.5, 0.6) is 0 Å². The SMILES string of the molecule is c1cc(-c2cccc3c2sc2ccccc23)cc(N(c2cccc3c2-c2ccccc2C32[C@H]3CC4C[C@H](C3)C[C@H]2C4)c2cccc3ccccc23)c1. The molecule has 8 aromatic rings. The van der Waals surface area contributed by atoms with Crippen LogP contribution in [0.15, 0.2) is 152 Å². The molecule has 0 unspecified atom stereocenters. The first-order chi connectivity index (χ1) is 25.8. The summed E-state index contributed by atoms with van der Waals surface area (Å²) in [5.74, 6) is 3.32. The Morgan fingerprint density at radius 3 is 2.02 bits per heavy atom. The zero-order chi connectivity index (χ0) is 34.0. The van der Waals surface area contributed by atoms with Crippen LogP contribution in [-0.2, 0) is 5.41 Å². The summed E-state index contributed by atoms with van der Waals surface area (Å²) in [5, 5.41) is 5.22. The van der Waals surface area contributed by atoms with Crippen molar-refractivity contribution in [3.63, 3.8) is 0 Å². The average molecular weight is 686 g/mol. The van der Waals surface area contributed by atoms with Gasteiger partial charge in [0.1, 0.15) is 0 Å². The van der Waals surface area contributed by atoms with Gasteiger partial charge in [-0.3, -0.25) is 0 Å². The molecule has 0 amide bonds. The van der Waals surface area contributed by atoms with Gasteiger partial charge in [0, 0.05) is 42.2 Å². The van der Waals surface area contributed by atoms with Crippen molar-refractivity contribution in [1.82, 2.24) is 0 Å². The van der Waals surface area contributed by atoms with Crippen molar-refractivity contribution in [2.75, 3.05) is 4.90 Å². The topological polar surface area (TPSA) is 3.24 Å². The summed E-state index contributed by atoms with van der Waals surface area (Å²) in [7, 11) is 0. The standard InChI is InChI=1S/C50H39NS/c1-2-15-38-33(11-1)12-8-22-45(38)51(37-14-7-13-34(30-37)39-18-9-19-41-40-16-4-6-24-47(40)52-49(39)41)46-23-10-21-44-48(46)42-17-3-5-20-43(42)50(44)35-26-31-25-32(28-35)29-36(50)27-31/h1-24,30-32,35-36H,25-29H2/t31-,32?,35-,36+,50?. The third kappa shape index (κ3) is 3.94. The van der Waals surface area contributed by atoms with E-state index in [-0.39, 0.29) is 5.41 Å². The number of benzene rings is 7. The van der Waals surface area contributed by atoms with Crippen molar-refractivity contribution in [3.05, 3.63) is 163 Å². The fourth-order valence-corrected chi connectivity index (χ4v) is 13.2. The smallest absolute Gasteiger partial charge is 0.0543 e. The molecule has 0 radical (unpaired) electrons. The van der Waals surface area contributed by atoms with Gasteiger partial charge in [-0.05, 0) is 119 Å². The van der Waals surface area contributed by atoms with Crippen LogP contribution < -0.4 is 4.90 Å². The largest absolute Gasteiger partial charge is 0.309 e. The molecular formula is C50H39NS. The Kier molecular flexibility index (Phi) is 6.17. The number of anilines is 3. The molecule has 1 aromatic heterocycles. The average Bonchev–Trinajstić information content (AvgIpc) is 3.72. The van der Waals surface area contributed by atoms with Crippen LogP contribution in [0, 0.1) is 23.7 Å². The summed E-state index contributed by atoms with van der Waals surface area (Å²) in [6, 6.07) is 57.6. The zero-order valence-corrected chi connectivity index (χ0v) is 30.0. The van der Waals surface area contributed by atoms with Crippen LogP contribution in [0.1, 0.15) is 43.2 Å². The van der Waals surface area contributed by atoms with E-state index in [1.807, 2.05) is 11.3 Å². The third-order valence-corrected chi connectivity index (χ3v) is 14.8. The second-order valence-electron chi connectivity index (χ2n) is 16.1. The molecule has 0 N–H and O–H groups in total. The van der Waals surface area contributed by atoms with Crippen LogP contribution >= 0.6 is 11.3 Å². The number of hydrogen-bond acceptors (Lipinski definition) is 2. The summed E-state index contributed by atoms with van der Waals surface area (Å²) in [5.41, 5.74) is 12.5. The summed E-state index contributed by atoms with van der Waals surface area (Å²) in [6.45, 7) is 0. The van der Waals surface area contributed by atoms with Gasteiger partial charge < -0.3 is 4.90 Å². The number of thiophene rings is 1. The van der Waals surface area contributed by atoms with E-state index in [4.69, 9.17) is 0 Å². The van der Waals surface area contributed by atoms with Crippen molar-refractivity contribution in [2.24, 2.45) is 23.7 Å². The first kappa shape index (κ1) is 29.4. The third-order valence-electron chi connectivity index (χ3n) is 13.6. The van der Waals surface area contributed by atoms with E-state index in [1.54, 1.807) is 11.1 Å². The van der Waals surface area contributed by atoms with E-state index in [0.717, 1.165) is 23.7 Å². The number of nitrogens with zero attached hydrogens (tertiary/aromatic N) is 1. The van der Waals surface area contributed by atoms with Gasteiger partial charge in [0.2, 0.25) is 0 Å². The zero-order valence-electron chi connectivity index (χ0n) is 29.1. The number of fused-ring (bicyclic) bond motifs is 7. The van der Waals surface area contributed by atoms with Gasteiger partial charge in [-0.25, -0.2) is 0 Å². The Morgan fingerprint density at radius 1 is 0.500 bits per heavy atom. The van der Waals surface area contributed by atoms with Crippen LogP contribution in [0.2, 0.25) is 0 Å². The second-order valence-corrected chi connectivity index (χ2v) is 17.1. The monoisotopic (exact) mass is 685 g/mol. The maximum absolute atomic E-state index is 2.60. The van der Waals surface area contributed by atoms with Crippen molar-refractivity contribution in [2.45, 2.75) is 37.5 Å². The molecule has 52 heavy (non-hydrogen) atoms. The van der Waals surface area contributed by atoms with Gasteiger partial charge in [-0.1, -0.05) is 121 Å². The van der Waals surface area contributed by atoms with Gasteiger partial charge in [-0.15, -0.1) is 11.3 Å². The molecule has 0 aliphatic heterocycles. The van der Waals surface area contributed by atoms with Gasteiger partial charge in [0.15, 0.2) is 0 Å². The quantitative estimate of drug-likeness (QED) is 0.178. The first-order valence-corrected chi connectivity index (χ1v) is 20.1. The highest BCUT2D eigenvalue weighted by Gasteiger charge is 2.61. The normalized spacial score (nSPS) is 23.8. The van der Waals surface area contributed by atoms with Crippen LogP contribution in [0.25, 0.3) is 53.2 Å². The lowest BCUT2D eigenvalue weighted by Gasteiger charge is -2.61. The lowest BCUT2D eigenvalue weighted by Crippen LogP contribution is -2.55. The highest BCUT2D eigenvalue weighted by atomic mass is 32.1. The van der Waals surface area contributed by atoms with Gasteiger partial charge in [0.25, 0.3) is 0 Å². The second kappa shape index (κ2) is 10.9. The molecule has 4 fully saturated rings. The van der Waals surface area contributed by atoms with E-state index in [2.05, 4.69) is 157 Å². The molecule has 5 aliphatic carbocycles. The Hall–Kier alpha value is -5.18. The summed E-state index contributed by atoms with van der Waals surface area (Å²) in [4.78, 5) is 2.60. The minimum atomic E-state index is 0.123.